The Bertz CT molecular complexity index is 445. The second-order valence-electron chi connectivity index (χ2n) is 3.70. The van der Waals surface area contributed by atoms with Crippen LogP contribution in [0.3, 0.4) is 0 Å². The summed E-state index contributed by atoms with van der Waals surface area (Å²) >= 11 is 0. The lowest BCUT2D eigenvalue weighted by atomic mass is 10.2. The summed E-state index contributed by atoms with van der Waals surface area (Å²) in [4.78, 5) is 7.69. The van der Waals surface area contributed by atoms with Crippen molar-refractivity contribution >= 4 is 11.8 Å². The Labute approximate surface area is 84.1 Å². The summed E-state index contributed by atoms with van der Waals surface area (Å²) in [7, 11) is 0. The van der Waals surface area contributed by atoms with E-state index < -0.39 is 0 Å². The molecule has 2 nitrogen and oxygen atoms in total. The standard InChI is InChI=1S/C12H14N2/c1-8-6-10(3)14-12(8)7-11-5-4-9(2)13-11/h4-7,14H,1-3H3/b11-7-. The summed E-state index contributed by atoms with van der Waals surface area (Å²) in [6.07, 6.45) is 6.14. The second-order valence-corrected chi connectivity index (χ2v) is 3.70. The first-order valence-electron chi connectivity index (χ1n) is 4.76. The fourth-order valence-corrected chi connectivity index (χ4v) is 1.61. The summed E-state index contributed by atoms with van der Waals surface area (Å²) in [6.45, 7) is 6.17. The first-order valence-corrected chi connectivity index (χ1v) is 4.76. The van der Waals surface area contributed by atoms with Crippen molar-refractivity contribution in [1.82, 2.24) is 4.98 Å². The van der Waals surface area contributed by atoms with Crippen molar-refractivity contribution in [3.05, 3.63) is 40.9 Å². The van der Waals surface area contributed by atoms with Crippen molar-refractivity contribution in [2.75, 3.05) is 0 Å². The zero-order chi connectivity index (χ0) is 10.1. The topological polar surface area (TPSA) is 28.1 Å². The zero-order valence-corrected chi connectivity index (χ0v) is 8.76. The first-order chi connectivity index (χ1) is 6.65. The number of hydrogen-bond donors (Lipinski definition) is 1. The molecule has 0 unspecified atom stereocenters. The van der Waals surface area contributed by atoms with Gasteiger partial charge in [0.05, 0.1) is 5.70 Å². The minimum atomic E-state index is 1.02. The molecule has 1 aliphatic heterocycles. The Morgan fingerprint density at radius 2 is 2.00 bits per heavy atom. The monoisotopic (exact) mass is 186 g/mol. The van der Waals surface area contributed by atoms with Crippen LogP contribution in [0.5, 0.6) is 0 Å². The molecule has 1 aliphatic rings. The summed E-state index contributed by atoms with van der Waals surface area (Å²) in [6, 6.07) is 2.14. The van der Waals surface area contributed by atoms with E-state index in [-0.39, 0.29) is 0 Å². The lowest BCUT2D eigenvalue weighted by molar-refractivity contribution is 1.24. The Morgan fingerprint density at radius 3 is 2.50 bits per heavy atom. The molecule has 0 atom stereocenters. The predicted molar refractivity (Wildman–Crippen MR) is 60.5 cm³/mol. The molecule has 2 rings (SSSR count). The average Bonchev–Trinajstić information content (AvgIpc) is 2.61. The zero-order valence-electron chi connectivity index (χ0n) is 8.76. The minimum Gasteiger partial charge on any atom is -0.359 e. The number of aliphatic imine (C=N–C) groups is 1. The number of aryl methyl sites for hydroxylation is 2. The van der Waals surface area contributed by atoms with E-state index >= 15 is 0 Å². The molecule has 0 radical (unpaired) electrons. The molecule has 1 aromatic rings. The van der Waals surface area contributed by atoms with Gasteiger partial charge >= 0.3 is 0 Å². The van der Waals surface area contributed by atoms with E-state index in [0.29, 0.717) is 0 Å². The number of aromatic amines is 1. The minimum absolute atomic E-state index is 1.02. The van der Waals surface area contributed by atoms with Gasteiger partial charge in [0.1, 0.15) is 0 Å². The molecule has 0 spiro atoms. The quantitative estimate of drug-likeness (QED) is 0.698. The van der Waals surface area contributed by atoms with Crippen LogP contribution in [0.1, 0.15) is 23.9 Å². The van der Waals surface area contributed by atoms with Crippen molar-refractivity contribution < 1.29 is 0 Å². The van der Waals surface area contributed by atoms with Crippen molar-refractivity contribution in [2.45, 2.75) is 20.8 Å². The molecule has 0 saturated carbocycles. The van der Waals surface area contributed by atoms with Gasteiger partial charge in [-0.25, -0.2) is 0 Å². The Hall–Kier alpha value is -1.57. The average molecular weight is 186 g/mol. The van der Waals surface area contributed by atoms with E-state index in [0.717, 1.165) is 17.1 Å². The van der Waals surface area contributed by atoms with E-state index in [1.165, 1.54) is 11.3 Å². The third kappa shape index (κ3) is 1.69. The van der Waals surface area contributed by atoms with Crippen LogP contribution >= 0.6 is 0 Å². The van der Waals surface area contributed by atoms with Gasteiger partial charge in [-0.2, -0.15) is 0 Å². The van der Waals surface area contributed by atoms with Gasteiger partial charge in [0, 0.05) is 17.1 Å². The van der Waals surface area contributed by atoms with Gasteiger partial charge in [-0.05, 0) is 50.6 Å². The first kappa shape index (κ1) is 9.00. The molecule has 2 heterocycles. The number of nitrogens with zero attached hydrogens (tertiary/aromatic N) is 1. The largest absolute Gasteiger partial charge is 0.359 e. The Morgan fingerprint density at radius 1 is 1.21 bits per heavy atom. The van der Waals surface area contributed by atoms with Crippen LogP contribution in [0.2, 0.25) is 0 Å². The normalized spacial score (nSPS) is 17.9. The highest BCUT2D eigenvalue weighted by atomic mass is 14.8. The van der Waals surface area contributed by atoms with Gasteiger partial charge in [-0.3, -0.25) is 4.99 Å². The SMILES string of the molecule is CC1=N/C(=C\c2[nH]c(C)cc2C)C=C1. The van der Waals surface area contributed by atoms with E-state index in [9.17, 15) is 0 Å². The van der Waals surface area contributed by atoms with Gasteiger partial charge in [-0.1, -0.05) is 0 Å². The molecule has 0 fully saturated rings. The van der Waals surface area contributed by atoms with Gasteiger partial charge in [-0.15, -0.1) is 0 Å². The summed E-state index contributed by atoms with van der Waals surface area (Å²) in [5.74, 6) is 0. The number of H-pyrrole nitrogens is 1. The fourth-order valence-electron chi connectivity index (χ4n) is 1.61. The maximum absolute atomic E-state index is 4.38. The molecule has 14 heavy (non-hydrogen) atoms. The van der Waals surface area contributed by atoms with E-state index in [1.54, 1.807) is 0 Å². The molecule has 0 amide bonds. The molecule has 0 saturated heterocycles. The highest BCUT2D eigenvalue weighted by Gasteiger charge is 2.02. The molecule has 2 heteroatoms. The summed E-state index contributed by atoms with van der Waals surface area (Å²) < 4.78 is 0. The summed E-state index contributed by atoms with van der Waals surface area (Å²) in [5.41, 5.74) is 5.70. The van der Waals surface area contributed by atoms with Crippen LogP contribution in [0.15, 0.2) is 28.9 Å². The predicted octanol–water partition coefficient (Wildman–Crippen LogP) is 3.00. The van der Waals surface area contributed by atoms with E-state index in [2.05, 4.69) is 36.0 Å². The van der Waals surface area contributed by atoms with Crippen molar-refractivity contribution in [1.29, 1.82) is 0 Å². The van der Waals surface area contributed by atoms with Crippen LogP contribution in [0.4, 0.5) is 0 Å². The van der Waals surface area contributed by atoms with Gasteiger partial charge in [0.25, 0.3) is 0 Å². The molecular formula is C12H14N2. The van der Waals surface area contributed by atoms with E-state index in [4.69, 9.17) is 0 Å². The van der Waals surface area contributed by atoms with E-state index in [1.807, 2.05) is 19.1 Å². The van der Waals surface area contributed by atoms with Crippen LogP contribution < -0.4 is 0 Å². The highest BCUT2D eigenvalue weighted by Crippen LogP contribution is 2.16. The number of allylic oxidation sites excluding steroid dienone is 2. The third-order valence-corrected chi connectivity index (χ3v) is 2.28. The number of rotatable bonds is 1. The third-order valence-electron chi connectivity index (χ3n) is 2.28. The van der Waals surface area contributed by atoms with Crippen LogP contribution in [0, 0.1) is 13.8 Å². The molecule has 1 N–H and O–H groups in total. The smallest absolute Gasteiger partial charge is 0.0654 e. The van der Waals surface area contributed by atoms with Crippen LogP contribution in [-0.4, -0.2) is 10.7 Å². The number of hydrogen-bond acceptors (Lipinski definition) is 1. The van der Waals surface area contributed by atoms with Crippen molar-refractivity contribution in [2.24, 2.45) is 4.99 Å². The fraction of sp³-hybridized carbons (Fsp3) is 0.250. The molecule has 0 aromatic carbocycles. The lowest BCUT2D eigenvalue weighted by Gasteiger charge is -1.92. The Kier molecular flexibility index (Phi) is 2.12. The summed E-state index contributed by atoms with van der Waals surface area (Å²) in [5, 5.41) is 0. The molecule has 0 aliphatic carbocycles. The maximum atomic E-state index is 4.38. The van der Waals surface area contributed by atoms with Gasteiger partial charge in [0.15, 0.2) is 0 Å². The molecular weight excluding hydrogens is 172 g/mol. The van der Waals surface area contributed by atoms with Crippen LogP contribution in [-0.2, 0) is 0 Å². The number of nitrogens with one attached hydrogen (secondary N) is 1. The van der Waals surface area contributed by atoms with Gasteiger partial charge < -0.3 is 4.98 Å². The van der Waals surface area contributed by atoms with Crippen LogP contribution in [0.25, 0.3) is 6.08 Å². The molecule has 0 bridgehead atoms. The van der Waals surface area contributed by atoms with Crippen molar-refractivity contribution in [3.63, 3.8) is 0 Å². The maximum Gasteiger partial charge on any atom is 0.0654 e. The lowest BCUT2D eigenvalue weighted by Crippen LogP contribution is -1.78. The van der Waals surface area contributed by atoms with Gasteiger partial charge in [0.2, 0.25) is 0 Å². The Balaban J connectivity index is 2.35. The number of aromatic nitrogens is 1. The molecule has 72 valence electrons. The van der Waals surface area contributed by atoms with Crippen molar-refractivity contribution in [3.8, 4) is 0 Å². The second kappa shape index (κ2) is 3.29. The molecule has 1 aromatic heterocycles. The highest BCUT2D eigenvalue weighted by molar-refractivity contribution is 5.97.